The average Bonchev–Trinajstić information content (AvgIpc) is 3.21. The predicted molar refractivity (Wildman–Crippen MR) is 93.1 cm³/mol. The molecule has 0 bridgehead atoms. The van der Waals surface area contributed by atoms with Gasteiger partial charge in [-0.3, -0.25) is 0 Å². The molecule has 3 nitrogen and oxygen atoms in total. The van der Waals surface area contributed by atoms with Gasteiger partial charge in [0.15, 0.2) is 0 Å². The third kappa shape index (κ3) is 2.44. The zero-order chi connectivity index (χ0) is 14.8. The lowest BCUT2D eigenvalue weighted by Crippen LogP contribution is -1.77. The average molecular weight is 303 g/mol. The van der Waals surface area contributed by atoms with Crippen LogP contribution in [0, 0.1) is 0 Å². The standard InChI is InChI=1S/C18H13N3S/c1-2-6-13(7-3-1)17-12-22-18(21-17)20-11-14-10-19-16-9-5-4-8-15(14)16/h1-12,19H/b20-11+. The van der Waals surface area contributed by atoms with Crippen molar-refractivity contribution in [2.24, 2.45) is 4.99 Å². The lowest BCUT2D eigenvalue weighted by atomic mass is 10.2. The van der Waals surface area contributed by atoms with Gasteiger partial charge < -0.3 is 4.98 Å². The molecule has 2 aromatic carbocycles. The second-order valence-corrected chi connectivity index (χ2v) is 5.77. The third-order valence-electron chi connectivity index (χ3n) is 3.50. The number of H-pyrrole nitrogens is 1. The van der Waals surface area contributed by atoms with Gasteiger partial charge in [0.05, 0.1) is 5.69 Å². The summed E-state index contributed by atoms with van der Waals surface area (Å²) in [7, 11) is 0. The molecule has 0 saturated heterocycles. The minimum atomic E-state index is 0.768. The van der Waals surface area contributed by atoms with Crippen LogP contribution in [0.4, 0.5) is 5.13 Å². The number of hydrogen-bond acceptors (Lipinski definition) is 3. The van der Waals surface area contributed by atoms with Crippen LogP contribution in [0.15, 0.2) is 71.2 Å². The van der Waals surface area contributed by atoms with E-state index in [0.717, 1.165) is 27.5 Å². The highest BCUT2D eigenvalue weighted by atomic mass is 32.1. The molecule has 2 heterocycles. The molecule has 0 aliphatic carbocycles. The summed E-state index contributed by atoms with van der Waals surface area (Å²) in [4.78, 5) is 12.3. The summed E-state index contributed by atoms with van der Waals surface area (Å²) in [6, 6.07) is 18.4. The summed E-state index contributed by atoms with van der Waals surface area (Å²) in [6.07, 6.45) is 3.84. The van der Waals surface area contributed by atoms with Crippen molar-refractivity contribution in [3.05, 3.63) is 71.7 Å². The number of nitrogens with one attached hydrogen (secondary N) is 1. The molecule has 0 unspecified atom stereocenters. The van der Waals surface area contributed by atoms with Crippen molar-refractivity contribution in [2.45, 2.75) is 0 Å². The van der Waals surface area contributed by atoms with Crippen molar-refractivity contribution < 1.29 is 0 Å². The maximum Gasteiger partial charge on any atom is 0.209 e. The van der Waals surface area contributed by atoms with Crippen LogP contribution in [0.5, 0.6) is 0 Å². The lowest BCUT2D eigenvalue weighted by Gasteiger charge is -1.93. The monoisotopic (exact) mass is 303 g/mol. The molecular formula is C18H13N3S. The number of aromatic nitrogens is 2. The summed E-state index contributed by atoms with van der Waals surface area (Å²) < 4.78 is 0. The number of hydrogen-bond donors (Lipinski definition) is 1. The first-order chi connectivity index (χ1) is 10.9. The van der Waals surface area contributed by atoms with Crippen LogP contribution < -0.4 is 0 Å². The third-order valence-corrected chi connectivity index (χ3v) is 4.25. The van der Waals surface area contributed by atoms with Crippen LogP contribution >= 0.6 is 11.3 Å². The summed E-state index contributed by atoms with van der Waals surface area (Å²) in [5, 5.41) is 3.98. The fraction of sp³-hybridized carbons (Fsp3) is 0. The van der Waals surface area contributed by atoms with Gasteiger partial charge in [-0.05, 0) is 6.07 Å². The Labute approximate surface area is 132 Å². The first-order valence-corrected chi connectivity index (χ1v) is 7.89. The van der Waals surface area contributed by atoms with Crippen molar-refractivity contribution in [1.29, 1.82) is 0 Å². The van der Waals surface area contributed by atoms with E-state index in [1.165, 1.54) is 5.39 Å². The van der Waals surface area contributed by atoms with Gasteiger partial charge >= 0.3 is 0 Å². The molecule has 0 radical (unpaired) electrons. The smallest absolute Gasteiger partial charge is 0.209 e. The van der Waals surface area contributed by atoms with E-state index in [1.807, 2.05) is 48.1 Å². The molecule has 0 amide bonds. The normalized spacial score (nSPS) is 11.5. The van der Waals surface area contributed by atoms with E-state index in [0.29, 0.717) is 0 Å². The van der Waals surface area contributed by atoms with Gasteiger partial charge in [-0.1, -0.05) is 48.5 Å². The maximum atomic E-state index is 4.57. The van der Waals surface area contributed by atoms with Crippen molar-refractivity contribution >= 4 is 33.6 Å². The number of aromatic amines is 1. The van der Waals surface area contributed by atoms with E-state index in [9.17, 15) is 0 Å². The van der Waals surface area contributed by atoms with Gasteiger partial charge in [-0.25, -0.2) is 9.98 Å². The highest BCUT2D eigenvalue weighted by Crippen LogP contribution is 2.26. The number of benzene rings is 2. The SMILES string of the molecule is C(=N\c1nc(-c2ccccc2)cs1)/c1c[nH]c2ccccc12. The van der Waals surface area contributed by atoms with Crippen molar-refractivity contribution in [2.75, 3.05) is 0 Å². The molecular weight excluding hydrogens is 290 g/mol. The molecule has 0 atom stereocenters. The number of fused-ring (bicyclic) bond motifs is 1. The van der Waals surface area contributed by atoms with Gasteiger partial charge in [-0.2, -0.15) is 0 Å². The van der Waals surface area contributed by atoms with Crippen molar-refractivity contribution in [3.63, 3.8) is 0 Å². The molecule has 4 rings (SSSR count). The Morgan fingerprint density at radius 1 is 1.00 bits per heavy atom. The molecule has 106 valence electrons. The number of aliphatic imine (C=N–C) groups is 1. The first kappa shape index (κ1) is 13.0. The number of para-hydroxylation sites is 1. The van der Waals surface area contributed by atoms with Crippen LogP contribution in [-0.2, 0) is 0 Å². The molecule has 0 saturated carbocycles. The van der Waals surface area contributed by atoms with Crippen molar-refractivity contribution in [1.82, 2.24) is 9.97 Å². The Balaban J connectivity index is 1.63. The second-order valence-electron chi connectivity index (χ2n) is 4.93. The van der Waals surface area contributed by atoms with Crippen LogP contribution in [0.25, 0.3) is 22.2 Å². The van der Waals surface area contributed by atoms with Gasteiger partial charge in [0, 0.05) is 39.8 Å². The van der Waals surface area contributed by atoms with Crippen LogP contribution in [0.1, 0.15) is 5.56 Å². The van der Waals surface area contributed by atoms with E-state index in [1.54, 1.807) is 11.3 Å². The highest BCUT2D eigenvalue weighted by molar-refractivity contribution is 7.13. The fourth-order valence-electron chi connectivity index (χ4n) is 2.39. The van der Waals surface area contributed by atoms with Crippen molar-refractivity contribution in [3.8, 4) is 11.3 Å². The number of rotatable bonds is 3. The van der Waals surface area contributed by atoms with Gasteiger partial charge in [0.1, 0.15) is 0 Å². The maximum absolute atomic E-state index is 4.57. The van der Waals surface area contributed by atoms with Gasteiger partial charge in [0.25, 0.3) is 0 Å². The molecule has 1 N–H and O–H groups in total. The quantitative estimate of drug-likeness (QED) is 0.529. The zero-order valence-corrected chi connectivity index (χ0v) is 12.5. The largest absolute Gasteiger partial charge is 0.361 e. The molecule has 0 aliphatic rings. The Hall–Kier alpha value is -2.72. The summed E-state index contributed by atoms with van der Waals surface area (Å²) in [6.45, 7) is 0. The molecule has 4 heteroatoms. The fourth-order valence-corrected chi connectivity index (χ4v) is 3.06. The van der Waals surface area contributed by atoms with E-state index in [2.05, 4.69) is 39.2 Å². The van der Waals surface area contributed by atoms with E-state index in [-0.39, 0.29) is 0 Å². The topological polar surface area (TPSA) is 41.0 Å². The van der Waals surface area contributed by atoms with Crippen LogP contribution in [0.2, 0.25) is 0 Å². The summed E-state index contributed by atoms with van der Waals surface area (Å²) in [5.74, 6) is 0. The molecule has 0 spiro atoms. The first-order valence-electron chi connectivity index (χ1n) is 7.01. The summed E-state index contributed by atoms with van der Waals surface area (Å²) in [5.41, 5.74) is 4.28. The lowest BCUT2D eigenvalue weighted by molar-refractivity contribution is 1.36. The Kier molecular flexibility index (Phi) is 3.29. The molecule has 0 aliphatic heterocycles. The minimum Gasteiger partial charge on any atom is -0.361 e. The van der Waals surface area contributed by atoms with Crippen LogP contribution in [-0.4, -0.2) is 16.2 Å². The molecule has 22 heavy (non-hydrogen) atoms. The number of thiazole rings is 1. The Morgan fingerprint density at radius 2 is 1.82 bits per heavy atom. The van der Waals surface area contributed by atoms with Gasteiger partial charge in [-0.15, -0.1) is 11.3 Å². The number of nitrogens with zero attached hydrogens (tertiary/aromatic N) is 2. The van der Waals surface area contributed by atoms with E-state index < -0.39 is 0 Å². The Morgan fingerprint density at radius 3 is 2.73 bits per heavy atom. The summed E-state index contributed by atoms with van der Waals surface area (Å²) >= 11 is 1.55. The second kappa shape index (κ2) is 5.58. The zero-order valence-electron chi connectivity index (χ0n) is 11.7. The van der Waals surface area contributed by atoms with E-state index in [4.69, 9.17) is 0 Å². The minimum absolute atomic E-state index is 0.768. The molecule has 2 aromatic heterocycles. The highest BCUT2D eigenvalue weighted by Gasteiger charge is 2.03. The van der Waals surface area contributed by atoms with Crippen LogP contribution in [0.3, 0.4) is 0 Å². The van der Waals surface area contributed by atoms with Gasteiger partial charge in [0.2, 0.25) is 5.13 Å². The molecule has 0 fully saturated rings. The molecule has 4 aromatic rings. The predicted octanol–water partition coefficient (Wildman–Crippen LogP) is 5.04. The Bertz CT molecular complexity index is 935. The van der Waals surface area contributed by atoms with E-state index >= 15 is 0 Å².